The van der Waals surface area contributed by atoms with Gasteiger partial charge in [-0.2, -0.15) is 13.2 Å². The van der Waals surface area contributed by atoms with Crippen LogP contribution < -0.4 is 4.90 Å². The third-order valence-electron chi connectivity index (χ3n) is 1.81. The normalized spacial score (nSPS) is 11.6. The Labute approximate surface area is 109 Å². The molecule has 0 aliphatic carbocycles. The number of halogens is 6. The van der Waals surface area contributed by atoms with E-state index in [1.54, 1.807) is 0 Å². The van der Waals surface area contributed by atoms with Crippen molar-refractivity contribution in [2.45, 2.75) is 6.18 Å². The second-order valence-electron chi connectivity index (χ2n) is 3.18. The van der Waals surface area contributed by atoms with E-state index >= 15 is 0 Å². The molecule has 0 spiro atoms. The molecule has 0 aliphatic heterocycles. The summed E-state index contributed by atoms with van der Waals surface area (Å²) in [7, 11) is 0. The Morgan fingerprint density at radius 1 is 1.41 bits per heavy atom. The highest BCUT2D eigenvalue weighted by Gasteiger charge is 2.32. The molecular weight excluding hydrogens is 327 g/mol. The molecule has 17 heavy (non-hydrogen) atoms. The maximum Gasteiger partial charge on any atom is 0.405 e. The molecule has 96 valence electrons. The quantitative estimate of drug-likeness (QED) is 0.617. The molecule has 0 saturated carbocycles. The van der Waals surface area contributed by atoms with Gasteiger partial charge in [0, 0.05) is 18.1 Å². The summed E-state index contributed by atoms with van der Waals surface area (Å²) in [6.45, 7) is -1.27. The van der Waals surface area contributed by atoms with Gasteiger partial charge in [0.2, 0.25) is 0 Å². The van der Waals surface area contributed by atoms with E-state index in [0.29, 0.717) is 0 Å². The molecule has 0 unspecified atom stereocenters. The average Bonchev–Trinajstić information content (AvgIpc) is 2.14. The maximum absolute atomic E-state index is 13.4. The van der Waals surface area contributed by atoms with Crippen LogP contribution in [-0.4, -0.2) is 29.6 Å². The van der Waals surface area contributed by atoms with Gasteiger partial charge in [0.15, 0.2) is 11.6 Å². The summed E-state index contributed by atoms with van der Waals surface area (Å²) in [6.07, 6.45) is -3.31. The van der Waals surface area contributed by atoms with Crippen LogP contribution in [0, 0.1) is 5.82 Å². The predicted octanol–water partition coefficient (Wildman–Crippen LogP) is 3.64. The van der Waals surface area contributed by atoms with Crippen molar-refractivity contribution in [1.82, 2.24) is 4.98 Å². The Morgan fingerprint density at radius 3 is 2.53 bits per heavy atom. The molecule has 0 N–H and O–H groups in total. The summed E-state index contributed by atoms with van der Waals surface area (Å²) >= 11 is 8.49. The number of anilines is 1. The van der Waals surface area contributed by atoms with Gasteiger partial charge in [0.25, 0.3) is 0 Å². The van der Waals surface area contributed by atoms with E-state index in [4.69, 9.17) is 11.6 Å². The fourth-order valence-corrected chi connectivity index (χ4v) is 1.79. The zero-order valence-corrected chi connectivity index (χ0v) is 10.8. The van der Waals surface area contributed by atoms with Crippen LogP contribution in [0.5, 0.6) is 0 Å². The number of aromatic nitrogens is 1. The zero-order valence-electron chi connectivity index (χ0n) is 8.44. The summed E-state index contributed by atoms with van der Waals surface area (Å²) in [5.41, 5.74) is 0. The van der Waals surface area contributed by atoms with Crippen molar-refractivity contribution in [3.05, 3.63) is 23.1 Å². The lowest BCUT2D eigenvalue weighted by Gasteiger charge is -2.24. The predicted molar refractivity (Wildman–Crippen MR) is 61.3 cm³/mol. The van der Waals surface area contributed by atoms with Crippen molar-refractivity contribution in [3.8, 4) is 0 Å². The number of rotatable bonds is 4. The molecule has 0 amide bonds. The van der Waals surface area contributed by atoms with E-state index in [1.165, 1.54) is 0 Å². The van der Waals surface area contributed by atoms with Crippen LogP contribution in [0.1, 0.15) is 0 Å². The van der Waals surface area contributed by atoms with Crippen LogP contribution in [0.2, 0.25) is 5.02 Å². The summed E-state index contributed by atoms with van der Waals surface area (Å²) in [5.74, 6) is -1.23. The second kappa shape index (κ2) is 5.86. The van der Waals surface area contributed by atoms with Crippen LogP contribution in [0.3, 0.4) is 0 Å². The largest absolute Gasteiger partial charge is 0.405 e. The lowest BCUT2D eigenvalue weighted by atomic mass is 10.4. The minimum absolute atomic E-state index is 0.00887. The Kier molecular flexibility index (Phi) is 5.00. The number of pyridine rings is 1. The van der Waals surface area contributed by atoms with Gasteiger partial charge in [-0.1, -0.05) is 27.5 Å². The van der Waals surface area contributed by atoms with E-state index in [9.17, 15) is 17.6 Å². The molecule has 0 radical (unpaired) electrons. The number of hydrogen-bond donors (Lipinski definition) is 0. The van der Waals surface area contributed by atoms with Gasteiger partial charge in [-0.25, -0.2) is 9.37 Å². The first-order valence-electron chi connectivity index (χ1n) is 4.52. The summed E-state index contributed by atoms with van der Waals surface area (Å²) < 4.78 is 50.3. The molecule has 1 heterocycles. The van der Waals surface area contributed by atoms with Crippen molar-refractivity contribution in [1.29, 1.82) is 0 Å². The fraction of sp³-hybridized carbons (Fsp3) is 0.444. The number of nitrogens with zero attached hydrogens (tertiary/aromatic N) is 2. The van der Waals surface area contributed by atoms with Gasteiger partial charge in [-0.15, -0.1) is 0 Å². The molecule has 0 atom stereocenters. The third kappa shape index (κ3) is 4.67. The summed E-state index contributed by atoms with van der Waals surface area (Å²) in [6, 6.07) is 0.932. The van der Waals surface area contributed by atoms with Gasteiger partial charge in [0.05, 0.1) is 5.02 Å². The molecular formula is C9H8BrClF4N2. The molecule has 0 aliphatic rings. The SMILES string of the molecule is Fc1cc(Cl)cnc1N(CCBr)CC(F)(F)F. The van der Waals surface area contributed by atoms with Crippen LogP contribution in [0.15, 0.2) is 12.3 Å². The minimum atomic E-state index is -4.42. The second-order valence-corrected chi connectivity index (χ2v) is 4.41. The minimum Gasteiger partial charge on any atom is -0.344 e. The Bertz CT molecular complexity index is 386. The van der Waals surface area contributed by atoms with Crippen molar-refractivity contribution in [2.24, 2.45) is 0 Å². The first-order chi connectivity index (χ1) is 7.83. The molecule has 1 aromatic heterocycles. The highest BCUT2D eigenvalue weighted by atomic mass is 79.9. The van der Waals surface area contributed by atoms with Crippen molar-refractivity contribution >= 4 is 33.3 Å². The van der Waals surface area contributed by atoms with E-state index in [2.05, 4.69) is 20.9 Å². The Balaban J connectivity index is 2.97. The van der Waals surface area contributed by atoms with Crippen LogP contribution in [-0.2, 0) is 0 Å². The van der Waals surface area contributed by atoms with Crippen molar-refractivity contribution < 1.29 is 17.6 Å². The van der Waals surface area contributed by atoms with Crippen molar-refractivity contribution in [3.63, 3.8) is 0 Å². The zero-order chi connectivity index (χ0) is 13.1. The monoisotopic (exact) mass is 334 g/mol. The lowest BCUT2D eigenvalue weighted by Crippen LogP contribution is -2.36. The third-order valence-corrected chi connectivity index (χ3v) is 2.37. The average molecular weight is 336 g/mol. The molecule has 0 fully saturated rings. The smallest absolute Gasteiger partial charge is 0.344 e. The molecule has 1 rings (SSSR count). The molecule has 1 aromatic rings. The van der Waals surface area contributed by atoms with E-state index in [0.717, 1.165) is 17.2 Å². The highest BCUT2D eigenvalue weighted by Crippen LogP contribution is 2.24. The van der Waals surface area contributed by atoms with Gasteiger partial charge in [-0.05, 0) is 6.07 Å². The van der Waals surface area contributed by atoms with E-state index < -0.39 is 18.5 Å². The van der Waals surface area contributed by atoms with Gasteiger partial charge in [-0.3, -0.25) is 0 Å². The lowest BCUT2D eigenvalue weighted by molar-refractivity contribution is -0.119. The van der Waals surface area contributed by atoms with Crippen molar-refractivity contribution in [2.75, 3.05) is 23.3 Å². The van der Waals surface area contributed by atoms with Gasteiger partial charge < -0.3 is 4.90 Å². The molecule has 0 bridgehead atoms. The van der Waals surface area contributed by atoms with Crippen LogP contribution >= 0.6 is 27.5 Å². The number of alkyl halides is 4. The fourth-order valence-electron chi connectivity index (χ4n) is 1.22. The molecule has 2 nitrogen and oxygen atoms in total. The van der Waals surface area contributed by atoms with E-state index in [1.807, 2.05) is 0 Å². The van der Waals surface area contributed by atoms with Crippen LogP contribution in [0.4, 0.5) is 23.4 Å². The van der Waals surface area contributed by atoms with Gasteiger partial charge >= 0.3 is 6.18 Å². The topological polar surface area (TPSA) is 16.1 Å². The maximum atomic E-state index is 13.4. The number of hydrogen-bond acceptors (Lipinski definition) is 2. The molecule has 0 saturated heterocycles. The molecule has 8 heteroatoms. The molecule has 0 aromatic carbocycles. The first kappa shape index (κ1) is 14.5. The van der Waals surface area contributed by atoms with Gasteiger partial charge in [0.1, 0.15) is 6.54 Å². The van der Waals surface area contributed by atoms with E-state index in [-0.39, 0.29) is 22.7 Å². The highest BCUT2D eigenvalue weighted by molar-refractivity contribution is 9.09. The van der Waals surface area contributed by atoms with Crippen LogP contribution in [0.25, 0.3) is 0 Å². The summed E-state index contributed by atoms with van der Waals surface area (Å²) in [4.78, 5) is 4.39. The first-order valence-corrected chi connectivity index (χ1v) is 6.02. The standard InChI is InChI=1S/C9H8BrClF4N2/c10-1-2-17(5-9(13,14)15)8-7(12)3-6(11)4-16-8/h3-4H,1-2,5H2. The summed E-state index contributed by atoms with van der Waals surface area (Å²) in [5, 5.41) is 0.310. The Morgan fingerprint density at radius 2 is 2.06 bits per heavy atom. The Hall–Kier alpha value is -0.560.